The lowest BCUT2D eigenvalue weighted by atomic mass is 10.0. The van der Waals surface area contributed by atoms with Crippen molar-refractivity contribution in [2.24, 2.45) is 0 Å². The van der Waals surface area contributed by atoms with E-state index in [9.17, 15) is 10.1 Å². The molecule has 1 aliphatic rings. The Hall–Kier alpha value is -2.81. The van der Waals surface area contributed by atoms with Gasteiger partial charge >= 0.3 is 0 Å². The zero-order valence-corrected chi connectivity index (χ0v) is 15.0. The fraction of sp³-hybridized carbons (Fsp3) is 0.421. The first-order valence-electron chi connectivity index (χ1n) is 8.35. The van der Waals surface area contributed by atoms with Gasteiger partial charge in [-0.25, -0.2) is 4.98 Å². The third-order valence-corrected chi connectivity index (χ3v) is 4.57. The van der Waals surface area contributed by atoms with Gasteiger partial charge in [0.2, 0.25) is 5.91 Å². The number of furan rings is 1. The summed E-state index contributed by atoms with van der Waals surface area (Å²) in [5.74, 6) is 2.32. The molecule has 0 spiro atoms. The summed E-state index contributed by atoms with van der Waals surface area (Å²) < 4.78 is 5.80. The minimum atomic E-state index is -0.0859. The quantitative estimate of drug-likeness (QED) is 0.930. The molecule has 1 amide bonds. The largest absolute Gasteiger partial charge is 0.466 e. The molecule has 0 unspecified atom stereocenters. The summed E-state index contributed by atoms with van der Waals surface area (Å²) in [7, 11) is 0. The molecule has 1 aliphatic heterocycles. The normalized spacial score (nSPS) is 19.7. The lowest BCUT2D eigenvalue weighted by molar-refractivity contribution is -0.119. The fourth-order valence-electron chi connectivity index (χ4n) is 3.51. The van der Waals surface area contributed by atoms with Crippen molar-refractivity contribution in [3.63, 3.8) is 0 Å². The van der Waals surface area contributed by atoms with Crippen LogP contribution in [0.25, 0.3) is 0 Å². The number of carbonyl (C=O) groups excluding carboxylic acids is 1. The van der Waals surface area contributed by atoms with Crippen molar-refractivity contribution >= 4 is 11.7 Å². The van der Waals surface area contributed by atoms with E-state index in [0.717, 1.165) is 22.8 Å². The SMILES string of the molecule is CC(=O)N[C@@H]1CN(c2nc(C)cc(C)c2C#N)C[C@H]1c1ccc(C)o1. The summed E-state index contributed by atoms with van der Waals surface area (Å²) in [5, 5.41) is 12.6. The third-order valence-electron chi connectivity index (χ3n) is 4.57. The van der Waals surface area contributed by atoms with Crippen LogP contribution in [-0.4, -0.2) is 30.0 Å². The molecule has 1 saturated heterocycles. The van der Waals surface area contributed by atoms with Crippen LogP contribution < -0.4 is 10.2 Å². The number of hydrogen-bond donors (Lipinski definition) is 1. The second kappa shape index (κ2) is 6.60. The van der Waals surface area contributed by atoms with Crippen LogP contribution in [0.2, 0.25) is 0 Å². The second-order valence-corrected chi connectivity index (χ2v) is 6.66. The van der Waals surface area contributed by atoms with E-state index in [1.165, 1.54) is 6.92 Å². The molecule has 6 nitrogen and oxygen atoms in total. The number of pyridine rings is 1. The predicted molar refractivity (Wildman–Crippen MR) is 94.4 cm³/mol. The number of aryl methyl sites for hydroxylation is 3. The van der Waals surface area contributed by atoms with Crippen LogP contribution in [0.4, 0.5) is 5.82 Å². The Morgan fingerprint density at radius 1 is 1.36 bits per heavy atom. The van der Waals surface area contributed by atoms with Crippen molar-refractivity contribution in [3.05, 3.63) is 46.5 Å². The van der Waals surface area contributed by atoms with E-state index < -0.39 is 0 Å². The third kappa shape index (κ3) is 3.36. The van der Waals surface area contributed by atoms with Crippen LogP contribution in [0.5, 0.6) is 0 Å². The standard InChI is InChI=1S/C19H22N4O2/c1-11-7-12(2)21-19(15(11)8-20)23-9-16(17(10-23)22-14(4)24)18-6-5-13(3)25-18/h5-7,16-17H,9-10H2,1-4H3,(H,22,24)/t16-,17-/m1/s1. The Morgan fingerprint density at radius 3 is 2.72 bits per heavy atom. The van der Waals surface area contributed by atoms with Gasteiger partial charge in [0, 0.05) is 25.7 Å². The molecular formula is C19H22N4O2. The highest BCUT2D eigenvalue weighted by Gasteiger charge is 2.38. The number of aromatic nitrogens is 1. The zero-order chi connectivity index (χ0) is 18.1. The maximum Gasteiger partial charge on any atom is 0.217 e. The zero-order valence-electron chi connectivity index (χ0n) is 15.0. The Labute approximate surface area is 147 Å². The first kappa shape index (κ1) is 17.0. The van der Waals surface area contributed by atoms with Crippen LogP contribution in [0.15, 0.2) is 22.6 Å². The van der Waals surface area contributed by atoms with Crippen molar-refractivity contribution in [1.82, 2.24) is 10.3 Å². The molecule has 0 bridgehead atoms. The van der Waals surface area contributed by atoms with Crippen LogP contribution in [-0.2, 0) is 4.79 Å². The van der Waals surface area contributed by atoms with Gasteiger partial charge < -0.3 is 14.6 Å². The fourth-order valence-corrected chi connectivity index (χ4v) is 3.51. The summed E-state index contributed by atoms with van der Waals surface area (Å²) in [6, 6.07) is 7.98. The molecule has 0 radical (unpaired) electrons. The Kier molecular flexibility index (Phi) is 4.49. The minimum Gasteiger partial charge on any atom is -0.466 e. The smallest absolute Gasteiger partial charge is 0.217 e. The van der Waals surface area contributed by atoms with Gasteiger partial charge in [0.25, 0.3) is 0 Å². The molecule has 1 fully saturated rings. The van der Waals surface area contributed by atoms with E-state index in [0.29, 0.717) is 24.5 Å². The van der Waals surface area contributed by atoms with Crippen molar-refractivity contribution in [3.8, 4) is 6.07 Å². The minimum absolute atomic E-state index is 0.0201. The van der Waals surface area contributed by atoms with Crippen LogP contribution in [0.1, 0.15) is 41.2 Å². The van der Waals surface area contributed by atoms with E-state index in [2.05, 4.69) is 21.3 Å². The molecule has 3 rings (SSSR count). The molecule has 25 heavy (non-hydrogen) atoms. The number of rotatable bonds is 3. The maximum atomic E-state index is 11.6. The monoisotopic (exact) mass is 338 g/mol. The van der Waals surface area contributed by atoms with Gasteiger partial charge in [0.15, 0.2) is 0 Å². The van der Waals surface area contributed by atoms with E-state index in [4.69, 9.17) is 4.42 Å². The summed E-state index contributed by atoms with van der Waals surface area (Å²) in [6.45, 7) is 8.50. The average molecular weight is 338 g/mol. The maximum absolute atomic E-state index is 11.6. The predicted octanol–water partition coefficient (Wildman–Crippen LogP) is 2.58. The molecular weight excluding hydrogens is 316 g/mol. The Morgan fingerprint density at radius 2 is 2.12 bits per heavy atom. The van der Waals surface area contributed by atoms with E-state index in [-0.39, 0.29) is 17.9 Å². The van der Waals surface area contributed by atoms with Gasteiger partial charge in [0.05, 0.1) is 17.5 Å². The summed E-state index contributed by atoms with van der Waals surface area (Å²) >= 11 is 0. The first-order chi connectivity index (χ1) is 11.9. The lowest BCUT2D eigenvalue weighted by Crippen LogP contribution is -2.38. The van der Waals surface area contributed by atoms with Crippen LogP contribution in [0.3, 0.4) is 0 Å². The van der Waals surface area contributed by atoms with Crippen LogP contribution in [0, 0.1) is 32.1 Å². The van der Waals surface area contributed by atoms with Crippen molar-refractivity contribution in [2.45, 2.75) is 39.7 Å². The molecule has 0 aliphatic carbocycles. The van der Waals surface area contributed by atoms with Gasteiger partial charge in [-0.15, -0.1) is 0 Å². The molecule has 3 heterocycles. The number of nitriles is 1. The van der Waals surface area contributed by atoms with Gasteiger partial charge in [0.1, 0.15) is 23.4 Å². The Balaban J connectivity index is 1.97. The molecule has 6 heteroatoms. The van der Waals surface area contributed by atoms with E-state index >= 15 is 0 Å². The van der Waals surface area contributed by atoms with Crippen molar-refractivity contribution < 1.29 is 9.21 Å². The molecule has 130 valence electrons. The number of carbonyl (C=O) groups is 1. The van der Waals surface area contributed by atoms with Gasteiger partial charge in [-0.05, 0) is 44.5 Å². The summed E-state index contributed by atoms with van der Waals surface area (Å²) in [4.78, 5) is 18.3. The number of nitrogens with zero attached hydrogens (tertiary/aromatic N) is 3. The molecule has 0 saturated carbocycles. The van der Waals surface area contributed by atoms with Crippen LogP contribution >= 0.6 is 0 Å². The van der Waals surface area contributed by atoms with E-state index in [1.54, 1.807) is 0 Å². The first-order valence-corrected chi connectivity index (χ1v) is 8.35. The second-order valence-electron chi connectivity index (χ2n) is 6.66. The van der Waals surface area contributed by atoms with Gasteiger partial charge in [-0.2, -0.15) is 5.26 Å². The highest BCUT2D eigenvalue weighted by Crippen LogP contribution is 2.33. The average Bonchev–Trinajstić information content (AvgIpc) is 3.12. The molecule has 2 aromatic heterocycles. The molecule has 2 atom stereocenters. The van der Waals surface area contributed by atoms with Crippen molar-refractivity contribution in [2.75, 3.05) is 18.0 Å². The van der Waals surface area contributed by atoms with Gasteiger partial charge in [-0.1, -0.05) is 0 Å². The topological polar surface area (TPSA) is 82.2 Å². The van der Waals surface area contributed by atoms with Crippen molar-refractivity contribution in [1.29, 1.82) is 5.26 Å². The van der Waals surface area contributed by atoms with E-state index in [1.807, 2.05) is 39.0 Å². The Bertz CT molecular complexity index is 850. The number of nitrogens with one attached hydrogen (secondary N) is 1. The summed E-state index contributed by atoms with van der Waals surface area (Å²) in [5.41, 5.74) is 2.38. The molecule has 1 N–H and O–H groups in total. The highest BCUT2D eigenvalue weighted by atomic mass is 16.3. The van der Waals surface area contributed by atoms with Gasteiger partial charge in [-0.3, -0.25) is 4.79 Å². The number of hydrogen-bond acceptors (Lipinski definition) is 5. The lowest BCUT2D eigenvalue weighted by Gasteiger charge is -2.20. The molecule has 2 aromatic rings. The summed E-state index contributed by atoms with van der Waals surface area (Å²) in [6.07, 6.45) is 0. The number of anilines is 1. The molecule has 0 aromatic carbocycles. The number of amides is 1. The highest BCUT2D eigenvalue weighted by molar-refractivity contribution is 5.73.